The van der Waals surface area contributed by atoms with E-state index in [0.717, 1.165) is 13.0 Å². The fourth-order valence-corrected chi connectivity index (χ4v) is 2.77. The predicted molar refractivity (Wildman–Crippen MR) is 72.0 cm³/mol. The number of nitrogens with zero attached hydrogens (tertiary/aromatic N) is 1. The highest BCUT2D eigenvalue weighted by Crippen LogP contribution is 2.39. The zero-order chi connectivity index (χ0) is 14.0. The summed E-state index contributed by atoms with van der Waals surface area (Å²) in [5.74, 6) is 1.14. The molecule has 19 heavy (non-hydrogen) atoms. The van der Waals surface area contributed by atoms with Crippen LogP contribution < -0.4 is 15.2 Å². The molecule has 1 aromatic carbocycles. The maximum atomic E-state index is 14.2. The van der Waals surface area contributed by atoms with Gasteiger partial charge in [-0.15, -0.1) is 0 Å². The highest BCUT2D eigenvalue weighted by atomic mass is 19.1. The molecular weight excluding hydrogens is 247 g/mol. The van der Waals surface area contributed by atoms with Crippen molar-refractivity contribution in [3.05, 3.63) is 23.5 Å². The lowest BCUT2D eigenvalue weighted by molar-refractivity contribution is 0.302. The van der Waals surface area contributed by atoms with Gasteiger partial charge in [0.15, 0.2) is 11.5 Å². The van der Waals surface area contributed by atoms with Gasteiger partial charge in [0.05, 0.1) is 14.2 Å². The second-order valence-electron chi connectivity index (χ2n) is 5.02. The van der Waals surface area contributed by atoms with Gasteiger partial charge in [0.25, 0.3) is 0 Å². The third-order valence-electron chi connectivity index (χ3n) is 3.83. The number of benzene rings is 1. The lowest BCUT2D eigenvalue weighted by Crippen LogP contribution is -2.21. The minimum absolute atomic E-state index is 0.0494. The molecule has 106 valence electrons. The molecule has 0 aliphatic carbocycles. The van der Waals surface area contributed by atoms with Gasteiger partial charge in [0, 0.05) is 24.2 Å². The van der Waals surface area contributed by atoms with E-state index in [9.17, 15) is 4.39 Å². The van der Waals surface area contributed by atoms with Crippen LogP contribution in [0.2, 0.25) is 0 Å². The van der Waals surface area contributed by atoms with E-state index in [2.05, 4.69) is 4.90 Å². The summed E-state index contributed by atoms with van der Waals surface area (Å²) >= 11 is 0. The van der Waals surface area contributed by atoms with Gasteiger partial charge in [-0.2, -0.15) is 0 Å². The summed E-state index contributed by atoms with van der Waals surface area (Å²) in [5.41, 5.74) is 6.36. The molecule has 1 aliphatic heterocycles. The SMILES string of the molecule is COc1cc(F)c(C2CC(CN)CN2C)cc1OC. The molecule has 2 atom stereocenters. The fraction of sp³-hybridized carbons (Fsp3) is 0.571. The van der Waals surface area contributed by atoms with E-state index in [4.69, 9.17) is 15.2 Å². The van der Waals surface area contributed by atoms with Gasteiger partial charge in [-0.1, -0.05) is 0 Å². The first-order valence-electron chi connectivity index (χ1n) is 6.42. The molecule has 1 aromatic rings. The molecule has 1 fully saturated rings. The Bertz CT molecular complexity index is 453. The molecule has 1 heterocycles. The van der Waals surface area contributed by atoms with Crippen LogP contribution >= 0.6 is 0 Å². The standard InChI is InChI=1S/C14H21FN2O2/c1-17-8-9(7-16)4-12(17)10-5-13(18-2)14(19-3)6-11(10)15/h5-6,9,12H,4,7-8,16H2,1-3H3. The van der Waals surface area contributed by atoms with Crippen LogP contribution in [0, 0.1) is 11.7 Å². The van der Waals surface area contributed by atoms with Crippen molar-refractivity contribution in [3.8, 4) is 11.5 Å². The molecule has 2 rings (SSSR count). The maximum absolute atomic E-state index is 14.2. The second-order valence-corrected chi connectivity index (χ2v) is 5.02. The van der Waals surface area contributed by atoms with Crippen molar-refractivity contribution in [2.45, 2.75) is 12.5 Å². The Morgan fingerprint density at radius 1 is 1.32 bits per heavy atom. The van der Waals surface area contributed by atoms with E-state index in [0.29, 0.717) is 29.5 Å². The Labute approximate surface area is 113 Å². The van der Waals surface area contributed by atoms with Crippen molar-refractivity contribution in [3.63, 3.8) is 0 Å². The molecule has 0 amide bonds. The summed E-state index contributed by atoms with van der Waals surface area (Å²) < 4.78 is 24.6. The third-order valence-corrected chi connectivity index (χ3v) is 3.83. The summed E-state index contributed by atoms with van der Waals surface area (Å²) in [6, 6.07) is 3.17. The van der Waals surface area contributed by atoms with Gasteiger partial charge in [-0.05, 0) is 32.0 Å². The summed E-state index contributed by atoms with van der Waals surface area (Å²) in [5, 5.41) is 0. The molecule has 0 radical (unpaired) electrons. The number of methoxy groups -OCH3 is 2. The van der Waals surface area contributed by atoms with Crippen molar-refractivity contribution < 1.29 is 13.9 Å². The van der Waals surface area contributed by atoms with Crippen LogP contribution in [0.15, 0.2) is 12.1 Å². The van der Waals surface area contributed by atoms with Gasteiger partial charge in [0.1, 0.15) is 5.82 Å². The fourth-order valence-electron chi connectivity index (χ4n) is 2.77. The molecule has 1 aliphatic rings. The summed E-state index contributed by atoms with van der Waals surface area (Å²) in [7, 11) is 5.06. The first kappa shape index (κ1) is 14.1. The Balaban J connectivity index is 2.34. The van der Waals surface area contributed by atoms with Crippen LogP contribution in [-0.4, -0.2) is 39.3 Å². The molecule has 2 unspecified atom stereocenters. The van der Waals surface area contributed by atoms with Crippen LogP contribution in [0.1, 0.15) is 18.0 Å². The lowest BCUT2D eigenvalue weighted by atomic mass is 9.99. The highest BCUT2D eigenvalue weighted by Gasteiger charge is 2.32. The monoisotopic (exact) mass is 268 g/mol. The molecule has 5 heteroatoms. The number of ether oxygens (including phenoxy) is 2. The first-order valence-corrected chi connectivity index (χ1v) is 6.42. The second kappa shape index (κ2) is 5.75. The minimum atomic E-state index is -0.257. The largest absolute Gasteiger partial charge is 0.493 e. The maximum Gasteiger partial charge on any atom is 0.163 e. The van der Waals surface area contributed by atoms with Gasteiger partial charge in [-0.3, -0.25) is 4.90 Å². The van der Waals surface area contributed by atoms with Gasteiger partial charge in [-0.25, -0.2) is 4.39 Å². The summed E-state index contributed by atoms with van der Waals surface area (Å²) in [4.78, 5) is 2.14. The number of likely N-dealkylation sites (tertiary alicyclic amines) is 1. The smallest absolute Gasteiger partial charge is 0.163 e. The molecule has 0 spiro atoms. The van der Waals surface area contributed by atoms with E-state index >= 15 is 0 Å². The van der Waals surface area contributed by atoms with Crippen LogP contribution in [0.4, 0.5) is 4.39 Å². The molecule has 4 nitrogen and oxygen atoms in total. The van der Waals surface area contributed by atoms with E-state index in [1.165, 1.54) is 13.2 Å². The normalized spacial score (nSPS) is 23.6. The molecule has 2 N–H and O–H groups in total. The van der Waals surface area contributed by atoms with E-state index in [1.54, 1.807) is 13.2 Å². The average Bonchev–Trinajstić information content (AvgIpc) is 2.79. The van der Waals surface area contributed by atoms with Crippen molar-refractivity contribution in [1.29, 1.82) is 0 Å². The highest BCUT2D eigenvalue weighted by molar-refractivity contribution is 5.45. The average molecular weight is 268 g/mol. The van der Waals surface area contributed by atoms with Crippen molar-refractivity contribution in [1.82, 2.24) is 4.90 Å². The molecule has 1 saturated heterocycles. The van der Waals surface area contributed by atoms with Crippen molar-refractivity contribution in [2.24, 2.45) is 11.7 Å². The number of hydrogen-bond donors (Lipinski definition) is 1. The predicted octanol–water partition coefficient (Wildman–Crippen LogP) is 1.79. The van der Waals surface area contributed by atoms with E-state index in [-0.39, 0.29) is 11.9 Å². The molecule has 0 aromatic heterocycles. The zero-order valence-electron chi connectivity index (χ0n) is 11.6. The Morgan fingerprint density at radius 2 is 1.95 bits per heavy atom. The quantitative estimate of drug-likeness (QED) is 0.904. The molecular formula is C14H21FN2O2. The topological polar surface area (TPSA) is 47.7 Å². The van der Waals surface area contributed by atoms with Crippen LogP contribution in [0.25, 0.3) is 0 Å². The van der Waals surface area contributed by atoms with Crippen LogP contribution in [0.3, 0.4) is 0 Å². The number of hydrogen-bond acceptors (Lipinski definition) is 4. The Morgan fingerprint density at radius 3 is 2.47 bits per heavy atom. The number of halogens is 1. The first-order chi connectivity index (χ1) is 9.10. The van der Waals surface area contributed by atoms with Gasteiger partial charge >= 0.3 is 0 Å². The van der Waals surface area contributed by atoms with E-state index < -0.39 is 0 Å². The Kier molecular flexibility index (Phi) is 4.27. The zero-order valence-corrected chi connectivity index (χ0v) is 11.6. The third kappa shape index (κ3) is 2.67. The van der Waals surface area contributed by atoms with Gasteiger partial charge in [0.2, 0.25) is 0 Å². The molecule has 0 bridgehead atoms. The number of rotatable bonds is 4. The van der Waals surface area contributed by atoms with Crippen LogP contribution in [-0.2, 0) is 0 Å². The molecule has 0 saturated carbocycles. The summed E-state index contributed by atoms with van der Waals surface area (Å²) in [6.07, 6.45) is 0.874. The summed E-state index contributed by atoms with van der Waals surface area (Å²) in [6.45, 7) is 1.53. The van der Waals surface area contributed by atoms with E-state index in [1.807, 2.05) is 7.05 Å². The minimum Gasteiger partial charge on any atom is -0.493 e. The number of nitrogens with two attached hydrogens (primary N) is 1. The Hall–Kier alpha value is -1.33. The van der Waals surface area contributed by atoms with Crippen LogP contribution in [0.5, 0.6) is 11.5 Å². The lowest BCUT2D eigenvalue weighted by Gasteiger charge is -2.21. The van der Waals surface area contributed by atoms with Crippen molar-refractivity contribution in [2.75, 3.05) is 34.4 Å². The van der Waals surface area contributed by atoms with Crippen molar-refractivity contribution >= 4 is 0 Å². The van der Waals surface area contributed by atoms with Gasteiger partial charge < -0.3 is 15.2 Å².